The number of aryl methyl sites for hydroxylation is 1. The molecule has 5 heteroatoms. The van der Waals surface area contributed by atoms with Crippen LogP contribution in [0.15, 0.2) is 47.3 Å². The molecule has 3 aromatic rings. The third kappa shape index (κ3) is 2.27. The molecular weight excluding hydrogens is 341 g/mol. The Morgan fingerprint density at radius 3 is 2.45 bits per heavy atom. The van der Waals surface area contributed by atoms with Crippen molar-refractivity contribution in [3.8, 4) is 0 Å². The number of halogens is 1. The third-order valence-electron chi connectivity index (χ3n) is 3.16. The molecule has 1 aromatic heterocycles. The van der Waals surface area contributed by atoms with Crippen LogP contribution in [0.1, 0.15) is 15.9 Å². The third-order valence-corrected chi connectivity index (χ3v) is 5.50. The van der Waals surface area contributed by atoms with Gasteiger partial charge in [0.15, 0.2) is 0 Å². The molecule has 0 fully saturated rings. The molecule has 2 aromatic carbocycles. The zero-order valence-electron chi connectivity index (χ0n) is 10.6. The van der Waals surface area contributed by atoms with Gasteiger partial charge in [-0.05, 0) is 0 Å². The first kappa shape index (κ1) is 13.4. The maximum atomic E-state index is 12.4. The molecule has 20 heavy (non-hydrogen) atoms. The molecule has 0 saturated carbocycles. The van der Waals surface area contributed by atoms with Crippen molar-refractivity contribution in [2.45, 2.75) is 0 Å². The summed E-state index contributed by atoms with van der Waals surface area (Å²) >= 11 is 5.58. The van der Waals surface area contributed by atoms with Gasteiger partial charge in [0, 0.05) is 0 Å². The van der Waals surface area contributed by atoms with Crippen molar-refractivity contribution in [1.29, 1.82) is 0 Å². The van der Waals surface area contributed by atoms with Crippen LogP contribution in [0.3, 0.4) is 0 Å². The first-order chi connectivity index (χ1) is 9.56. The van der Waals surface area contributed by atoms with Gasteiger partial charge in [-0.25, -0.2) is 0 Å². The van der Waals surface area contributed by atoms with Gasteiger partial charge in [0.25, 0.3) is 0 Å². The fraction of sp³-hybridized carbons (Fsp3) is 0.0667. The maximum absolute atomic E-state index is 12.4. The Bertz CT molecular complexity index is 862. The van der Waals surface area contributed by atoms with E-state index in [0.29, 0.717) is 16.1 Å². The van der Waals surface area contributed by atoms with Crippen LogP contribution >= 0.6 is 11.6 Å². The monoisotopic (exact) mass is 351 g/mol. The predicted molar refractivity (Wildman–Crippen MR) is 81.0 cm³/mol. The number of nitrogens with zero attached hydrogens (tertiary/aromatic N) is 1. The molecule has 0 bridgehead atoms. The van der Waals surface area contributed by atoms with Crippen LogP contribution < -0.4 is 4.43 Å². The van der Waals surface area contributed by atoms with Gasteiger partial charge in [-0.15, -0.1) is 0 Å². The molecule has 0 atom stereocenters. The molecule has 1 heterocycles. The second-order valence-corrected chi connectivity index (χ2v) is 6.97. The average molecular weight is 351 g/mol. The predicted octanol–water partition coefficient (Wildman–Crippen LogP) is 2.48. The van der Waals surface area contributed by atoms with E-state index in [1.54, 1.807) is 41.9 Å². The molecule has 0 aliphatic rings. The van der Waals surface area contributed by atoms with Gasteiger partial charge in [-0.1, -0.05) is 0 Å². The van der Waals surface area contributed by atoms with Crippen LogP contribution in [0.2, 0.25) is 5.02 Å². The molecule has 100 valence electrons. The van der Waals surface area contributed by atoms with Crippen molar-refractivity contribution < 1.29 is 4.79 Å². The van der Waals surface area contributed by atoms with E-state index in [1.165, 1.54) is 0 Å². The van der Waals surface area contributed by atoms with Crippen LogP contribution in [0.4, 0.5) is 0 Å². The Balaban J connectivity index is 2.08. The molecule has 0 N–H and O–H groups in total. The van der Waals surface area contributed by atoms with E-state index < -0.39 is 0 Å². The molecule has 0 amide bonds. The van der Waals surface area contributed by atoms with E-state index in [-0.39, 0.29) is 24.7 Å². The molecule has 0 unspecified atom stereocenters. The fourth-order valence-corrected chi connectivity index (χ4v) is 4.10. The number of hydrogen-bond donors (Lipinski definition) is 0. The van der Waals surface area contributed by atoms with Crippen LogP contribution in [0.25, 0.3) is 9.78 Å². The van der Waals surface area contributed by atoms with Crippen molar-refractivity contribution in [2.24, 2.45) is 7.05 Å². The number of rotatable bonds is 2. The summed E-state index contributed by atoms with van der Waals surface area (Å²) < 4.78 is 2.72. The molecule has 0 spiro atoms. The number of carbonyl (C=O) groups excluding carboxylic acids is 1. The summed E-state index contributed by atoms with van der Waals surface area (Å²) in [6.07, 6.45) is 0. The van der Waals surface area contributed by atoms with Crippen LogP contribution in [-0.4, -0.2) is 24.9 Å². The van der Waals surface area contributed by atoms with E-state index in [4.69, 9.17) is 11.6 Å². The van der Waals surface area contributed by atoms with Gasteiger partial charge in [0.2, 0.25) is 0 Å². The standard InChI is InChI=1S/C15H10ClNO2Se/c1-17-12-7-4-10(8-13(12)20-15(17)19)14(18)9-2-5-11(16)6-3-9/h2-8H,1H3. The summed E-state index contributed by atoms with van der Waals surface area (Å²) in [5.74, 6) is -0.0535. The summed E-state index contributed by atoms with van der Waals surface area (Å²) in [4.78, 5) is 24.1. The minimum absolute atomic E-state index is 0.0535. The number of ketones is 1. The van der Waals surface area contributed by atoms with Gasteiger partial charge in [-0.3, -0.25) is 0 Å². The van der Waals surface area contributed by atoms with Crippen LogP contribution in [-0.2, 0) is 7.05 Å². The van der Waals surface area contributed by atoms with Crippen LogP contribution in [0, 0.1) is 0 Å². The molecular formula is C15H10ClNO2Se. The van der Waals surface area contributed by atoms with Crippen molar-refractivity contribution >= 4 is 41.7 Å². The zero-order valence-corrected chi connectivity index (χ0v) is 13.1. The number of benzene rings is 2. The topological polar surface area (TPSA) is 39.1 Å². The first-order valence-corrected chi connectivity index (χ1v) is 8.05. The summed E-state index contributed by atoms with van der Waals surface area (Å²) in [5.41, 5.74) is 2.11. The van der Waals surface area contributed by atoms with E-state index in [9.17, 15) is 9.59 Å². The zero-order chi connectivity index (χ0) is 14.3. The number of fused-ring (bicyclic) bond motifs is 1. The number of aromatic nitrogens is 1. The second kappa shape index (κ2) is 5.06. The van der Waals surface area contributed by atoms with Crippen LogP contribution in [0.5, 0.6) is 0 Å². The number of hydrogen-bond acceptors (Lipinski definition) is 2. The normalized spacial score (nSPS) is 10.9. The van der Waals surface area contributed by atoms with Crippen molar-refractivity contribution in [3.63, 3.8) is 0 Å². The van der Waals surface area contributed by atoms with Gasteiger partial charge >= 0.3 is 126 Å². The number of carbonyl (C=O) groups is 1. The summed E-state index contributed by atoms with van der Waals surface area (Å²) in [5, 5.41) is 0.603. The summed E-state index contributed by atoms with van der Waals surface area (Å²) in [7, 11) is 1.76. The first-order valence-electron chi connectivity index (χ1n) is 5.96. The van der Waals surface area contributed by atoms with E-state index in [0.717, 1.165) is 9.78 Å². The molecule has 0 aliphatic heterocycles. The quantitative estimate of drug-likeness (QED) is 0.526. The van der Waals surface area contributed by atoms with Crippen molar-refractivity contribution in [2.75, 3.05) is 0 Å². The summed E-state index contributed by atoms with van der Waals surface area (Å²) in [6.45, 7) is 0. The second-order valence-electron chi connectivity index (χ2n) is 4.45. The Hall–Kier alpha value is -1.61. The molecule has 3 nitrogen and oxygen atoms in total. The van der Waals surface area contributed by atoms with Gasteiger partial charge in [-0.2, -0.15) is 0 Å². The average Bonchev–Trinajstić information content (AvgIpc) is 2.74. The minimum atomic E-state index is -0.236. The van der Waals surface area contributed by atoms with Gasteiger partial charge in [0.05, 0.1) is 0 Å². The summed E-state index contributed by atoms with van der Waals surface area (Å²) in [6, 6.07) is 12.2. The Kier molecular flexibility index (Phi) is 3.38. The molecule has 0 radical (unpaired) electrons. The molecule has 0 aliphatic carbocycles. The SMILES string of the molecule is Cn1c(=O)[se]c2cc(C(=O)c3ccc(Cl)cc3)ccc21. The van der Waals surface area contributed by atoms with E-state index in [1.807, 2.05) is 12.1 Å². The van der Waals surface area contributed by atoms with Gasteiger partial charge in [0.1, 0.15) is 0 Å². The van der Waals surface area contributed by atoms with Crippen molar-refractivity contribution in [3.05, 3.63) is 67.8 Å². The Morgan fingerprint density at radius 2 is 1.75 bits per heavy atom. The van der Waals surface area contributed by atoms with E-state index in [2.05, 4.69) is 0 Å². The van der Waals surface area contributed by atoms with E-state index >= 15 is 0 Å². The Labute approximate surface area is 126 Å². The molecule has 3 rings (SSSR count). The van der Waals surface area contributed by atoms with Gasteiger partial charge < -0.3 is 0 Å². The Morgan fingerprint density at radius 1 is 1.10 bits per heavy atom. The molecule has 0 saturated heterocycles. The van der Waals surface area contributed by atoms with Crippen molar-refractivity contribution in [1.82, 2.24) is 4.57 Å². The fourth-order valence-electron chi connectivity index (χ4n) is 2.04.